The zero-order valence-corrected chi connectivity index (χ0v) is 14.0. The average molecular weight is 268 g/mol. The van der Waals surface area contributed by atoms with Gasteiger partial charge in [-0.2, -0.15) is 0 Å². The molecule has 2 nitrogen and oxygen atoms in total. The molecule has 2 unspecified atom stereocenters. The normalized spacial score (nSPS) is 21.3. The van der Waals surface area contributed by atoms with Crippen molar-refractivity contribution in [1.29, 1.82) is 0 Å². The molecular formula is C17H36N2. The summed E-state index contributed by atoms with van der Waals surface area (Å²) in [6.45, 7) is 15.5. The highest BCUT2D eigenvalue weighted by Crippen LogP contribution is 2.28. The van der Waals surface area contributed by atoms with Crippen molar-refractivity contribution in [3.05, 3.63) is 0 Å². The summed E-state index contributed by atoms with van der Waals surface area (Å²) in [4.78, 5) is 2.72. The maximum absolute atomic E-state index is 3.77. The molecule has 0 aliphatic carbocycles. The molecule has 1 heterocycles. The summed E-state index contributed by atoms with van der Waals surface area (Å²) in [5.41, 5.74) is 0.290. The smallest absolute Gasteiger partial charge is 0.0306 e. The third kappa shape index (κ3) is 5.07. The summed E-state index contributed by atoms with van der Waals surface area (Å²) in [7, 11) is 0. The predicted molar refractivity (Wildman–Crippen MR) is 85.7 cm³/mol. The summed E-state index contributed by atoms with van der Waals surface area (Å²) < 4.78 is 0. The van der Waals surface area contributed by atoms with Gasteiger partial charge in [-0.05, 0) is 58.7 Å². The zero-order chi connectivity index (χ0) is 14.3. The van der Waals surface area contributed by atoms with Crippen molar-refractivity contribution in [1.82, 2.24) is 10.2 Å². The largest absolute Gasteiger partial charge is 0.312 e. The van der Waals surface area contributed by atoms with Gasteiger partial charge >= 0.3 is 0 Å². The third-order valence-electron chi connectivity index (χ3n) is 4.89. The fourth-order valence-electron chi connectivity index (χ4n) is 3.57. The molecule has 1 saturated heterocycles. The van der Waals surface area contributed by atoms with Crippen LogP contribution in [0.2, 0.25) is 0 Å². The van der Waals surface area contributed by atoms with Gasteiger partial charge in [0.15, 0.2) is 0 Å². The van der Waals surface area contributed by atoms with Gasteiger partial charge in [0.25, 0.3) is 0 Å². The number of piperidine rings is 1. The first kappa shape index (κ1) is 17.0. The van der Waals surface area contributed by atoms with Crippen LogP contribution in [0, 0.1) is 5.92 Å². The number of nitrogens with zero attached hydrogens (tertiary/aromatic N) is 1. The van der Waals surface area contributed by atoms with Gasteiger partial charge in [0.1, 0.15) is 0 Å². The standard InChI is InChI=1S/C17H36N2/c1-6-11-15(3)14-16(18-7-2)17(4,5)19-12-9-8-10-13-19/h15-16,18H,6-14H2,1-5H3. The minimum atomic E-state index is 0.290. The van der Waals surface area contributed by atoms with Crippen LogP contribution in [-0.2, 0) is 0 Å². The molecule has 114 valence electrons. The van der Waals surface area contributed by atoms with Crippen molar-refractivity contribution in [3.8, 4) is 0 Å². The van der Waals surface area contributed by atoms with Crippen LogP contribution in [-0.4, -0.2) is 36.1 Å². The second-order valence-corrected chi connectivity index (χ2v) is 6.94. The fraction of sp³-hybridized carbons (Fsp3) is 1.00. The maximum Gasteiger partial charge on any atom is 0.0306 e. The molecule has 1 N–H and O–H groups in total. The molecule has 0 saturated carbocycles. The second-order valence-electron chi connectivity index (χ2n) is 6.94. The highest BCUT2D eigenvalue weighted by molar-refractivity contribution is 4.95. The van der Waals surface area contributed by atoms with Crippen LogP contribution >= 0.6 is 0 Å². The van der Waals surface area contributed by atoms with Crippen LogP contribution < -0.4 is 5.32 Å². The SMILES string of the molecule is CCCC(C)CC(NCC)C(C)(C)N1CCCCC1. The van der Waals surface area contributed by atoms with Crippen molar-refractivity contribution in [3.63, 3.8) is 0 Å². The number of hydrogen-bond acceptors (Lipinski definition) is 2. The Bertz CT molecular complexity index is 231. The monoisotopic (exact) mass is 268 g/mol. The lowest BCUT2D eigenvalue weighted by Crippen LogP contribution is -2.59. The van der Waals surface area contributed by atoms with Crippen LogP contribution in [0.15, 0.2) is 0 Å². The van der Waals surface area contributed by atoms with Crippen LogP contribution in [0.5, 0.6) is 0 Å². The van der Waals surface area contributed by atoms with E-state index in [1.165, 1.54) is 51.6 Å². The van der Waals surface area contributed by atoms with Gasteiger partial charge in [0.2, 0.25) is 0 Å². The second kappa shape index (κ2) is 8.26. The van der Waals surface area contributed by atoms with Gasteiger partial charge in [0.05, 0.1) is 0 Å². The fourth-order valence-corrected chi connectivity index (χ4v) is 3.57. The van der Waals surface area contributed by atoms with Gasteiger partial charge < -0.3 is 5.32 Å². The van der Waals surface area contributed by atoms with Crippen molar-refractivity contribution in [2.75, 3.05) is 19.6 Å². The molecule has 2 atom stereocenters. The lowest BCUT2D eigenvalue weighted by Gasteiger charge is -2.47. The molecule has 1 aliphatic rings. The molecule has 1 fully saturated rings. The van der Waals surface area contributed by atoms with E-state index in [0.29, 0.717) is 11.6 Å². The Morgan fingerprint density at radius 3 is 2.26 bits per heavy atom. The summed E-state index contributed by atoms with van der Waals surface area (Å²) >= 11 is 0. The minimum Gasteiger partial charge on any atom is -0.312 e. The molecule has 0 amide bonds. The number of nitrogens with one attached hydrogen (secondary N) is 1. The van der Waals surface area contributed by atoms with Crippen LogP contribution in [0.3, 0.4) is 0 Å². The molecule has 0 aromatic carbocycles. The van der Waals surface area contributed by atoms with Crippen LogP contribution in [0.25, 0.3) is 0 Å². The first-order chi connectivity index (χ1) is 9.02. The third-order valence-corrected chi connectivity index (χ3v) is 4.89. The summed E-state index contributed by atoms with van der Waals surface area (Å²) in [5.74, 6) is 0.832. The number of rotatable bonds is 8. The maximum atomic E-state index is 3.77. The van der Waals surface area contributed by atoms with E-state index in [-0.39, 0.29) is 0 Å². The minimum absolute atomic E-state index is 0.290. The molecule has 0 radical (unpaired) electrons. The van der Waals surface area contributed by atoms with Gasteiger partial charge in [0, 0.05) is 11.6 Å². The van der Waals surface area contributed by atoms with E-state index in [1.54, 1.807) is 0 Å². The Labute approximate surface area is 121 Å². The van der Waals surface area contributed by atoms with Crippen LogP contribution in [0.4, 0.5) is 0 Å². The van der Waals surface area contributed by atoms with E-state index in [9.17, 15) is 0 Å². The molecule has 2 heteroatoms. The average Bonchev–Trinajstić information content (AvgIpc) is 2.39. The van der Waals surface area contributed by atoms with Crippen molar-refractivity contribution >= 4 is 0 Å². The number of hydrogen-bond donors (Lipinski definition) is 1. The molecule has 0 aromatic heterocycles. The van der Waals surface area contributed by atoms with Crippen molar-refractivity contribution in [2.24, 2.45) is 5.92 Å². The first-order valence-corrected chi connectivity index (χ1v) is 8.50. The van der Waals surface area contributed by atoms with E-state index in [4.69, 9.17) is 0 Å². The molecule has 1 rings (SSSR count). The highest BCUT2D eigenvalue weighted by Gasteiger charge is 2.35. The summed E-state index contributed by atoms with van der Waals surface area (Å²) in [5, 5.41) is 3.77. The molecule has 1 aliphatic heterocycles. The predicted octanol–water partition coefficient (Wildman–Crippen LogP) is 4.06. The number of likely N-dealkylation sites (tertiary alicyclic amines) is 1. The van der Waals surface area contributed by atoms with E-state index in [2.05, 4.69) is 44.8 Å². The summed E-state index contributed by atoms with van der Waals surface area (Å²) in [6, 6.07) is 0.622. The first-order valence-electron chi connectivity index (χ1n) is 8.50. The Balaban J connectivity index is 2.65. The molecule has 0 bridgehead atoms. The van der Waals surface area contributed by atoms with Gasteiger partial charge in [-0.15, -0.1) is 0 Å². The number of likely N-dealkylation sites (N-methyl/N-ethyl adjacent to an activating group) is 1. The highest BCUT2D eigenvalue weighted by atomic mass is 15.2. The van der Waals surface area contributed by atoms with Gasteiger partial charge in [-0.1, -0.05) is 40.0 Å². The Kier molecular flexibility index (Phi) is 7.38. The van der Waals surface area contributed by atoms with Crippen LogP contribution in [0.1, 0.15) is 73.1 Å². The Morgan fingerprint density at radius 1 is 1.11 bits per heavy atom. The lowest BCUT2D eigenvalue weighted by molar-refractivity contribution is 0.0533. The lowest BCUT2D eigenvalue weighted by atomic mass is 9.83. The Hall–Kier alpha value is -0.0800. The Morgan fingerprint density at radius 2 is 1.74 bits per heavy atom. The quantitative estimate of drug-likeness (QED) is 0.714. The van der Waals surface area contributed by atoms with E-state index >= 15 is 0 Å². The van der Waals surface area contributed by atoms with E-state index in [1.807, 2.05) is 0 Å². The molecule has 0 aromatic rings. The summed E-state index contributed by atoms with van der Waals surface area (Å²) in [6.07, 6.45) is 8.16. The van der Waals surface area contributed by atoms with Crippen molar-refractivity contribution in [2.45, 2.75) is 84.7 Å². The van der Waals surface area contributed by atoms with E-state index in [0.717, 1.165) is 12.5 Å². The zero-order valence-electron chi connectivity index (χ0n) is 14.0. The molecule has 0 spiro atoms. The molecular weight excluding hydrogens is 232 g/mol. The van der Waals surface area contributed by atoms with Crippen molar-refractivity contribution < 1.29 is 0 Å². The van der Waals surface area contributed by atoms with Gasteiger partial charge in [-0.25, -0.2) is 0 Å². The van der Waals surface area contributed by atoms with Gasteiger partial charge in [-0.3, -0.25) is 4.90 Å². The topological polar surface area (TPSA) is 15.3 Å². The van der Waals surface area contributed by atoms with E-state index < -0.39 is 0 Å². The molecule has 19 heavy (non-hydrogen) atoms.